The molecule has 0 aliphatic rings. The summed E-state index contributed by atoms with van der Waals surface area (Å²) in [5, 5.41) is 7.71. The van der Waals surface area contributed by atoms with Crippen molar-refractivity contribution < 1.29 is 4.74 Å². The molecule has 0 saturated carbocycles. The molecule has 0 aliphatic carbocycles. The second-order valence-corrected chi connectivity index (χ2v) is 5.81. The van der Waals surface area contributed by atoms with Crippen LogP contribution in [0.15, 0.2) is 29.0 Å². The summed E-state index contributed by atoms with van der Waals surface area (Å²) in [6, 6.07) is 6.27. The molecule has 114 valence electrons. The van der Waals surface area contributed by atoms with Gasteiger partial charge in [0.25, 0.3) is 0 Å². The Bertz CT molecular complexity index is 585. The van der Waals surface area contributed by atoms with Gasteiger partial charge in [-0.05, 0) is 25.1 Å². The van der Waals surface area contributed by atoms with Crippen molar-refractivity contribution in [2.75, 3.05) is 13.7 Å². The quantitative estimate of drug-likeness (QED) is 0.832. The third-order valence-electron chi connectivity index (χ3n) is 3.40. The highest BCUT2D eigenvalue weighted by atomic mass is 79.9. The second-order valence-electron chi connectivity index (χ2n) is 4.90. The summed E-state index contributed by atoms with van der Waals surface area (Å²) in [5.74, 6) is 1.83. The number of methoxy groups -OCH3 is 1. The number of aryl methyl sites for hydroxylation is 1. The molecule has 0 radical (unpaired) electrons. The normalized spacial score (nSPS) is 12.4. The van der Waals surface area contributed by atoms with Crippen LogP contribution in [0.3, 0.4) is 0 Å². The highest BCUT2D eigenvalue weighted by Gasteiger charge is 2.18. The molecule has 1 aromatic carbocycles. The molecule has 0 aliphatic heterocycles. The van der Waals surface area contributed by atoms with Gasteiger partial charge >= 0.3 is 0 Å². The predicted molar refractivity (Wildman–Crippen MR) is 86.4 cm³/mol. The molecule has 0 spiro atoms. The summed E-state index contributed by atoms with van der Waals surface area (Å²) in [6.45, 7) is 3.10. The fourth-order valence-electron chi connectivity index (χ4n) is 2.27. The van der Waals surface area contributed by atoms with Crippen LogP contribution in [0.1, 0.15) is 30.8 Å². The zero-order valence-electron chi connectivity index (χ0n) is 12.6. The van der Waals surface area contributed by atoms with E-state index in [0.29, 0.717) is 0 Å². The standard InChI is InChI=1S/C15H21BrN4O/c1-4-7-17-13(9-15-18-10-19-20(15)2)12-6-5-11(16)8-14(12)21-3/h5-6,8,10,13,17H,4,7,9H2,1-3H3. The molecule has 6 heteroatoms. The Balaban J connectivity index is 2.29. The minimum Gasteiger partial charge on any atom is -0.496 e. The zero-order valence-corrected chi connectivity index (χ0v) is 14.2. The lowest BCUT2D eigenvalue weighted by Gasteiger charge is -2.21. The van der Waals surface area contributed by atoms with E-state index in [1.54, 1.807) is 13.4 Å². The minimum absolute atomic E-state index is 0.149. The number of hydrogen-bond donors (Lipinski definition) is 1. The first-order valence-electron chi connectivity index (χ1n) is 7.05. The van der Waals surface area contributed by atoms with Crippen molar-refractivity contribution in [3.63, 3.8) is 0 Å². The van der Waals surface area contributed by atoms with E-state index >= 15 is 0 Å². The number of aromatic nitrogens is 3. The van der Waals surface area contributed by atoms with Crippen molar-refractivity contribution in [1.29, 1.82) is 0 Å². The first kappa shape index (κ1) is 16.0. The summed E-state index contributed by atoms with van der Waals surface area (Å²) in [4.78, 5) is 4.32. The van der Waals surface area contributed by atoms with Gasteiger partial charge in [0.1, 0.15) is 17.9 Å². The van der Waals surface area contributed by atoms with Gasteiger partial charge in [0.15, 0.2) is 0 Å². The van der Waals surface area contributed by atoms with Gasteiger partial charge in [-0.2, -0.15) is 5.10 Å². The topological polar surface area (TPSA) is 52.0 Å². The smallest absolute Gasteiger partial charge is 0.138 e. The van der Waals surface area contributed by atoms with Gasteiger partial charge in [0.2, 0.25) is 0 Å². The molecule has 0 fully saturated rings. The van der Waals surface area contributed by atoms with Crippen molar-refractivity contribution in [1.82, 2.24) is 20.1 Å². The maximum atomic E-state index is 5.52. The molecule has 0 bridgehead atoms. The highest BCUT2D eigenvalue weighted by molar-refractivity contribution is 9.10. The summed E-state index contributed by atoms with van der Waals surface area (Å²) >= 11 is 3.48. The van der Waals surface area contributed by atoms with Crippen LogP contribution in [0, 0.1) is 0 Å². The monoisotopic (exact) mass is 352 g/mol. The van der Waals surface area contributed by atoms with E-state index in [4.69, 9.17) is 4.74 Å². The molecular weight excluding hydrogens is 332 g/mol. The van der Waals surface area contributed by atoms with Crippen LogP contribution >= 0.6 is 15.9 Å². The molecule has 1 atom stereocenters. The number of benzene rings is 1. The Morgan fingerprint density at radius 1 is 1.43 bits per heavy atom. The van der Waals surface area contributed by atoms with E-state index in [9.17, 15) is 0 Å². The highest BCUT2D eigenvalue weighted by Crippen LogP contribution is 2.30. The van der Waals surface area contributed by atoms with E-state index in [-0.39, 0.29) is 6.04 Å². The molecule has 0 saturated heterocycles. The van der Waals surface area contributed by atoms with Crippen molar-refractivity contribution >= 4 is 15.9 Å². The first-order chi connectivity index (χ1) is 10.2. The van der Waals surface area contributed by atoms with E-state index in [0.717, 1.165) is 41.0 Å². The molecule has 5 nitrogen and oxygen atoms in total. The number of rotatable bonds is 7. The van der Waals surface area contributed by atoms with E-state index in [1.807, 2.05) is 23.9 Å². The largest absolute Gasteiger partial charge is 0.496 e. The van der Waals surface area contributed by atoms with Crippen LogP contribution in [0.2, 0.25) is 0 Å². The lowest BCUT2D eigenvalue weighted by atomic mass is 10.0. The van der Waals surface area contributed by atoms with Crippen LogP contribution in [0.25, 0.3) is 0 Å². The van der Waals surface area contributed by atoms with Crippen LogP contribution in [-0.2, 0) is 13.5 Å². The number of nitrogens with zero attached hydrogens (tertiary/aromatic N) is 3. The van der Waals surface area contributed by atoms with Gasteiger partial charge in [0.05, 0.1) is 7.11 Å². The molecule has 1 heterocycles. The van der Waals surface area contributed by atoms with Crippen molar-refractivity contribution in [2.45, 2.75) is 25.8 Å². The summed E-state index contributed by atoms with van der Waals surface area (Å²) in [5.41, 5.74) is 1.14. The molecule has 1 N–H and O–H groups in total. The third-order valence-corrected chi connectivity index (χ3v) is 3.90. The Morgan fingerprint density at radius 2 is 2.24 bits per heavy atom. The summed E-state index contributed by atoms with van der Waals surface area (Å²) in [7, 11) is 3.61. The maximum Gasteiger partial charge on any atom is 0.138 e. The Kier molecular flexibility index (Phi) is 5.76. The van der Waals surface area contributed by atoms with Crippen LogP contribution in [0.4, 0.5) is 0 Å². The average Bonchev–Trinajstić information content (AvgIpc) is 2.88. The van der Waals surface area contributed by atoms with Crippen LogP contribution in [0.5, 0.6) is 5.75 Å². The third kappa shape index (κ3) is 4.04. The van der Waals surface area contributed by atoms with Crippen molar-refractivity contribution in [2.24, 2.45) is 7.05 Å². The average molecular weight is 353 g/mol. The molecule has 1 aromatic heterocycles. The Morgan fingerprint density at radius 3 is 2.86 bits per heavy atom. The lowest BCUT2D eigenvalue weighted by Crippen LogP contribution is -2.25. The van der Waals surface area contributed by atoms with Crippen molar-refractivity contribution in [3.05, 3.63) is 40.4 Å². The molecular formula is C15H21BrN4O. The number of nitrogens with one attached hydrogen (secondary N) is 1. The van der Waals surface area contributed by atoms with Crippen LogP contribution in [-0.4, -0.2) is 28.4 Å². The fraction of sp³-hybridized carbons (Fsp3) is 0.467. The SMILES string of the molecule is CCCNC(Cc1ncnn1C)c1ccc(Br)cc1OC. The summed E-state index contributed by atoms with van der Waals surface area (Å²) in [6.07, 6.45) is 3.44. The molecule has 21 heavy (non-hydrogen) atoms. The number of ether oxygens (including phenoxy) is 1. The predicted octanol–water partition coefficient (Wildman–Crippen LogP) is 2.87. The van der Waals surface area contributed by atoms with Crippen molar-refractivity contribution in [3.8, 4) is 5.75 Å². The van der Waals surface area contributed by atoms with Crippen LogP contribution < -0.4 is 10.1 Å². The van der Waals surface area contributed by atoms with Gasteiger partial charge in [-0.25, -0.2) is 4.98 Å². The molecule has 2 aromatic rings. The molecule has 2 rings (SSSR count). The summed E-state index contributed by atoms with van der Waals surface area (Å²) < 4.78 is 8.35. The molecule has 0 amide bonds. The number of halogens is 1. The van der Waals surface area contributed by atoms with E-state index < -0.39 is 0 Å². The van der Waals surface area contributed by atoms with Gasteiger partial charge in [0, 0.05) is 29.5 Å². The van der Waals surface area contributed by atoms with Gasteiger partial charge < -0.3 is 10.1 Å². The van der Waals surface area contributed by atoms with Gasteiger partial charge in [-0.3, -0.25) is 4.68 Å². The lowest BCUT2D eigenvalue weighted by molar-refractivity contribution is 0.396. The van der Waals surface area contributed by atoms with Gasteiger partial charge in [-0.15, -0.1) is 0 Å². The molecule has 1 unspecified atom stereocenters. The number of hydrogen-bond acceptors (Lipinski definition) is 4. The minimum atomic E-state index is 0.149. The Hall–Kier alpha value is -1.40. The van der Waals surface area contributed by atoms with E-state index in [1.165, 1.54) is 0 Å². The maximum absolute atomic E-state index is 5.52. The van der Waals surface area contributed by atoms with E-state index in [2.05, 4.69) is 44.3 Å². The Labute approximate surface area is 133 Å². The van der Waals surface area contributed by atoms with Gasteiger partial charge in [-0.1, -0.05) is 28.9 Å². The fourth-order valence-corrected chi connectivity index (χ4v) is 2.61. The zero-order chi connectivity index (χ0) is 15.2. The first-order valence-corrected chi connectivity index (χ1v) is 7.84. The second kappa shape index (κ2) is 7.56.